The number of nitrogens with zero attached hydrogens (tertiary/aromatic N) is 1. The minimum absolute atomic E-state index is 0.363. The second-order valence-electron chi connectivity index (χ2n) is 3.59. The minimum Gasteiger partial charge on any atom is -0.312 e. The molecule has 0 amide bonds. The number of halogens is 1. The first-order valence-corrected chi connectivity index (χ1v) is 6.70. The molecular weight excluding hydrogens is 284 g/mol. The second-order valence-corrected chi connectivity index (χ2v) is 5.56. The number of hydrogen-bond acceptors (Lipinski definition) is 3. The molecule has 0 bridgehead atoms. The monoisotopic (exact) mass is 296 g/mol. The average Bonchev–Trinajstić information content (AvgIpc) is 2.78. The first-order chi connectivity index (χ1) is 7.70. The lowest BCUT2D eigenvalue weighted by atomic mass is 10.2. The summed E-state index contributed by atoms with van der Waals surface area (Å²) in [5, 5.41) is 4.29. The van der Waals surface area contributed by atoms with E-state index in [4.69, 9.17) is 0 Å². The maximum absolute atomic E-state index is 4.45. The van der Waals surface area contributed by atoms with Gasteiger partial charge < -0.3 is 5.32 Å². The fraction of sp³-hybridized carbons (Fsp3) is 0.250. The third kappa shape index (κ3) is 2.51. The van der Waals surface area contributed by atoms with Gasteiger partial charge in [0.1, 0.15) is 5.01 Å². The van der Waals surface area contributed by atoms with Gasteiger partial charge in [-0.15, -0.1) is 11.3 Å². The van der Waals surface area contributed by atoms with Gasteiger partial charge in [0, 0.05) is 27.2 Å². The molecule has 1 heterocycles. The van der Waals surface area contributed by atoms with E-state index in [1.54, 1.807) is 11.3 Å². The third-order valence-electron chi connectivity index (χ3n) is 2.47. The van der Waals surface area contributed by atoms with Crippen LogP contribution in [0, 0.1) is 0 Å². The lowest BCUT2D eigenvalue weighted by Crippen LogP contribution is -2.10. The van der Waals surface area contributed by atoms with Crippen LogP contribution in [0.5, 0.6) is 0 Å². The van der Waals surface area contributed by atoms with Crippen LogP contribution in [0.15, 0.2) is 34.9 Å². The molecule has 0 aliphatic heterocycles. The highest BCUT2D eigenvalue weighted by Crippen LogP contribution is 2.29. The summed E-state index contributed by atoms with van der Waals surface area (Å²) in [6.07, 6.45) is 1.95. The predicted octanol–water partition coefficient (Wildman–Crippen LogP) is 3.85. The zero-order valence-corrected chi connectivity index (χ0v) is 11.6. The maximum atomic E-state index is 4.45. The van der Waals surface area contributed by atoms with Crippen molar-refractivity contribution < 1.29 is 0 Å². The fourth-order valence-corrected chi connectivity index (χ4v) is 2.60. The zero-order chi connectivity index (χ0) is 11.5. The van der Waals surface area contributed by atoms with E-state index in [-0.39, 0.29) is 0 Å². The van der Waals surface area contributed by atoms with Crippen LogP contribution in [0.1, 0.15) is 17.8 Å². The first-order valence-electron chi connectivity index (χ1n) is 5.09. The largest absolute Gasteiger partial charge is 0.312 e. The average molecular weight is 297 g/mol. The highest BCUT2D eigenvalue weighted by atomic mass is 79.9. The summed E-state index contributed by atoms with van der Waals surface area (Å²) in [5.41, 5.74) is 1.17. The fourth-order valence-electron chi connectivity index (χ4n) is 1.35. The Morgan fingerprint density at radius 3 is 2.62 bits per heavy atom. The molecule has 2 aromatic rings. The molecule has 0 aliphatic carbocycles. The summed E-state index contributed by atoms with van der Waals surface area (Å²) in [6.45, 7) is 2.14. The van der Waals surface area contributed by atoms with Crippen molar-refractivity contribution in [2.75, 3.05) is 7.05 Å². The molecule has 0 aliphatic rings. The van der Waals surface area contributed by atoms with Crippen LogP contribution >= 0.6 is 27.3 Å². The summed E-state index contributed by atoms with van der Waals surface area (Å²) in [7, 11) is 1.96. The van der Waals surface area contributed by atoms with E-state index < -0.39 is 0 Å². The van der Waals surface area contributed by atoms with Gasteiger partial charge in [-0.05, 0) is 26.1 Å². The van der Waals surface area contributed by atoms with Crippen LogP contribution in [0.4, 0.5) is 0 Å². The minimum atomic E-state index is 0.363. The number of rotatable bonds is 3. The van der Waals surface area contributed by atoms with E-state index in [1.165, 1.54) is 10.4 Å². The highest BCUT2D eigenvalue weighted by molar-refractivity contribution is 9.10. The Balaban J connectivity index is 2.28. The van der Waals surface area contributed by atoms with E-state index in [1.807, 2.05) is 25.4 Å². The van der Waals surface area contributed by atoms with Crippen molar-refractivity contribution >= 4 is 27.3 Å². The molecule has 0 saturated heterocycles. The molecule has 2 nitrogen and oxygen atoms in total. The summed E-state index contributed by atoms with van der Waals surface area (Å²) < 4.78 is 1.09. The summed E-state index contributed by atoms with van der Waals surface area (Å²) in [6, 6.07) is 8.60. The van der Waals surface area contributed by atoms with Crippen molar-refractivity contribution in [3.8, 4) is 10.6 Å². The number of hydrogen-bond donors (Lipinski definition) is 1. The SMILES string of the molecule is CNC(C)c1cnc(-c2ccc(Br)cc2)s1. The summed E-state index contributed by atoms with van der Waals surface area (Å²) in [4.78, 5) is 5.71. The van der Waals surface area contributed by atoms with E-state index in [0.29, 0.717) is 6.04 Å². The Morgan fingerprint density at radius 2 is 2.00 bits per heavy atom. The predicted molar refractivity (Wildman–Crippen MR) is 72.7 cm³/mol. The van der Waals surface area contributed by atoms with Crippen molar-refractivity contribution in [3.63, 3.8) is 0 Å². The zero-order valence-electron chi connectivity index (χ0n) is 9.20. The van der Waals surface area contributed by atoms with Gasteiger partial charge >= 0.3 is 0 Å². The Bertz CT molecular complexity index is 464. The molecule has 0 spiro atoms. The van der Waals surface area contributed by atoms with Crippen LogP contribution < -0.4 is 5.32 Å². The van der Waals surface area contributed by atoms with Crippen molar-refractivity contribution in [1.29, 1.82) is 0 Å². The lowest BCUT2D eigenvalue weighted by Gasteiger charge is -2.04. The van der Waals surface area contributed by atoms with Crippen molar-refractivity contribution in [1.82, 2.24) is 10.3 Å². The Morgan fingerprint density at radius 1 is 1.31 bits per heavy atom. The summed E-state index contributed by atoms with van der Waals surface area (Å²) in [5.74, 6) is 0. The van der Waals surface area contributed by atoms with E-state index in [9.17, 15) is 0 Å². The number of benzene rings is 1. The smallest absolute Gasteiger partial charge is 0.123 e. The standard InChI is InChI=1S/C12H13BrN2S/c1-8(14-2)11-7-15-12(16-11)9-3-5-10(13)6-4-9/h3-8,14H,1-2H3. The normalized spacial score (nSPS) is 12.7. The van der Waals surface area contributed by atoms with Gasteiger partial charge in [-0.25, -0.2) is 4.98 Å². The Kier molecular flexibility index (Phi) is 3.74. The Labute approximate surface area is 108 Å². The number of thiazole rings is 1. The second kappa shape index (κ2) is 5.08. The molecule has 1 aromatic carbocycles. The molecule has 4 heteroatoms. The quantitative estimate of drug-likeness (QED) is 0.930. The van der Waals surface area contributed by atoms with Crippen LogP contribution in [0.3, 0.4) is 0 Å². The topological polar surface area (TPSA) is 24.9 Å². The molecule has 84 valence electrons. The molecule has 1 unspecified atom stereocenters. The molecule has 1 N–H and O–H groups in total. The Hall–Kier alpha value is -0.710. The van der Waals surface area contributed by atoms with Gasteiger partial charge in [0.25, 0.3) is 0 Å². The lowest BCUT2D eigenvalue weighted by molar-refractivity contribution is 0.662. The molecule has 0 saturated carbocycles. The molecule has 16 heavy (non-hydrogen) atoms. The van der Waals surface area contributed by atoms with E-state index in [2.05, 4.69) is 45.3 Å². The summed E-state index contributed by atoms with van der Waals surface area (Å²) >= 11 is 5.17. The van der Waals surface area contributed by atoms with Crippen LogP contribution in [0.2, 0.25) is 0 Å². The van der Waals surface area contributed by atoms with Gasteiger partial charge in [0.15, 0.2) is 0 Å². The molecular formula is C12H13BrN2S. The molecule has 0 radical (unpaired) electrons. The number of aromatic nitrogens is 1. The van der Waals surface area contributed by atoms with Crippen molar-refractivity contribution in [2.24, 2.45) is 0 Å². The van der Waals surface area contributed by atoms with Crippen molar-refractivity contribution in [2.45, 2.75) is 13.0 Å². The van der Waals surface area contributed by atoms with Crippen molar-refractivity contribution in [3.05, 3.63) is 39.8 Å². The molecule has 2 rings (SSSR count). The van der Waals surface area contributed by atoms with Crippen LogP contribution in [-0.4, -0.2) is 12.0 Å². The van der Waals surface area contributed by atoms with Gasteiger partial charge in [0.05, 0.1) is 0 Å². The van der Waals surface area contributed by atoms with Crippen LogP contribution in [0.25, 0.3) is 10.6 Å². The van der Waals surface area contributed by atoms with Gasteiger partial charge in [-0.1, -0.05) is 28.1 Å². The van der Waals surface area contributed by atoms with Gasteiger partial charge in [-0.3, -0.25) is 0 Å². The molecule has 1 atom stereocenters. The van der Waals surface area contributed by atoms with Gasteiger partial charge in [0.2, 0.25) is 0 Å². The number of nitrogens with one attached hydrogen (secondary N) is 1. The molecule has 1 aromatic heterocycles. The maximum Gasteiger partial charge on any atom is 0.123 e. The van der Waals surface area contributed by atoms with E-state index >= 15 is 0 Å². The van der Waals surface area contributed by atoms with E-state index in [0.717, 1.165) is 9.48 Å². The molecule has 0 fully saturated rings. The highest BCUT2D eigenvalue weighted by Gasteiger charge is 2.08. The van der Waals surface area contributed by atoms with Crippen LogP contribution in [-0.2, 0) is 0 Å². The third-order valence-corrected chi connectivity index (χ3v) is 4.23. The van der Waals surface area contributed by atoms with Gasteiger partial charge in [-0.2, -0.15) is 0 Å². The first kappa shape index (κ1) is 11.8.